The number of alkyl halides is 1. The molecule has 0 aliphatic carbocycles. The van der Waals surface area contributed by atoms with Gasteiger partial charge in [-0.15, -0.1) is 0 Å². The van der Waals surface area contributed by atoms with Gasteiger partial charge in [0.15, 0.2) is 0 Å². The van der Waals surface area contributed by atoms with Gasteiger partial charge in [0.1, 0.15) is 12.0 Å². The fraction of sp³-hybridized carbons (Fsp3) is 0.444. The van der Waals surface area contributed by atoms with Crippen LogP contribution in [-0.4, -0.2) is 24.2 Å². The molecule has 2 rings (SSSR count). The summed E-state index contributed by atoms with van der Waals surface area (Å²) in [5.41, 5.74) is -0.139. The molecule has 0 amide bonds. The zero-order valence-corrected chi connectivity index (χ0v) is 7.16. The van der Waals surface area contributed by atoms with Crippen molar-refractivity contribution in [1.82, 2.24) is 4.98 Å². The van der Waals surface area contributed by atoms with Crippen molar-refractivity contribution in [1.29, 1.82) is 0 Å². The molecule has 70 valence electrons. The highest BCUT2D eigenvalue weighted by Crippen LogP contribution is 2.17. The molecule has 4 heteroatoms. The van der Waals surface area contributed by atoms with Crippen molar-refractivity contribution in [2.45, 2.75) is 12.6 Å². The molecular formula is C9H11FN2O. The van der Waals surface area contributed by atoms with Crippen LogP contribution < -0.4 is 10.5 Å². The van der Waals surface area contributed by atoms with E-state index < -0.39 is 6.17 Å². The number of halogens is 1. The summed E-state index contributed by atoms with van der Waals surface area (Å²) in [6.07, 6.45) is -0.208. The third-order valence-electron chi connectivity index (χ3n) is 2.22. The minimum atomic E-state index is -0.760. The Morgan fingerprint density at radius 2 is 2.38 bits per heavy atom. The monoisotopic (exact) mass is 182 g/mol. The van der Waals surface area contributed by atoms with Crippen molar-refractivity contribution in [2.24, 2.45) is 0 Å². The van der Waals surface area contributed by atoms with E-state index in [1.807, 2.05) is 4.90 Å². The molecule has 1 N–H and O–H groups in total. The first-order valence-corrected chi connectivity index (χ1v) is 4.34. The Morgan fingerprint density at radius 3 is 3.00 bits per heavy atom. The maximum absolute atomic E-state index is 12.8. The highest BCUT2D eigenvalue weighted by Gasteiger charge is 2.21. The molecule has 1 saturated heterocycles. The van der Waals surface area contributed by atoms with E-state index in [0.717, 1.165) is 0 Å². The lowest BCUT2D eigenvalue weighted by Crippen LogP contribution is -2.23. The van der Waals surface area contributed by atoms with E-state index in [1.165, 1.54) is 6.07 Å². The van der Waals surface area contributed by atoms with Gasteiger partial charge < -0.3 is 9.88 Å². The van der Waals surface area contributed by atoms with Crippen LogP contribution in [0, 0.1) is 0 Å². The molecule has 1 aliphatic heterocycles. The van der Waals surface area contributed by atoms with Crippen LogP contribution in [0.3, 0.4) is 0 Å². The van der Waals surface area contributed by atoms with Crippen LogP contribution in [0.4, 0.5) is 10.2 Å². The SMILES string of the molecule is O=c1cccc(N2CCC(F)C2)[nH]1. The van der Waals surface area contributed by atoms with Crippen LogP contribution in [0.25, 0.3) is 0 Å². The third kappa shape index (κ3) is 1.71. The molecule has 0 saturated carbocycles. The van der Waals surface area contributed by atoms with Gasteiger partial charge in [-0.05, 0) is 12.5 Å². The second-order valence-electron chi connectivity index (χ2n) is 3.23. The Morgan fingerprint density at radius 1 is 1.54 bits per heavy atom. The van der Waals surface area contributed by atoms with Crippen molar-refractivity contribution in [3.8, 4) is 0 Å². The van der Waals surface area contributed by atoms with Crippen LogP contribution in [-0.2, 0) is 0 Å². The number of aromatic amines is 1. The minimum Gasteiger partial charge on any atom is -0.355 e. The van der Waals surface area contributed by atoms with Gasteiger partial charge in [0, 0.05) is 12.6 Å². The first-order chi connectivity index (χ1) is 6.25. The Labute approximate surface area is 75.2 Å². The van der Waals surface area contributed by atoms with E-state index in [0.29, 0.717) is 25.3 Å². The van der Waals surface area contributed by atoms with Crippen molar-refractivity contribution in [3.63, 3.8) is 0 Å². The molecule has 2 heterocycles. The number of hydrogen-bond donors (Lipinski definition) is 1. The van der Waals surface area contributed by atoms with Gasteiger partial charge >= 0.3 is 0 Å². The van der Waals surface area contributed by atoms with Crippen molar-refractivity contribution < 1.29 is 4.39 Å². The average Bonchev–Trinajstić information content (AvgIpc) is 2.52. The summed E-state index contributed by atoms with van der Waals surface area (Å²) in [6, 6.07) is 4.92. The predicted octanol–water partition coefficient (Wildman–Crippen LogP) is 0.923. The first kappa shape index (κ1) is 8.29. The third-order valence-corrected chi connectivity index (χ3v) is 2.22. The second kappa shape index (κ2) is 3.20. The van der Waals surface area contributed by atoms with Gasteiger partial charge in [0.05, 0.1) is 6.54 Å². The lowest BCUT2D eigenvalue weighted by atomic mass is 10.3. The number of aromatic nitrogens is 1. The predicted molar refractivity (Wildman–Crippen MR) is 48.8 cm³/mol. The fourth-order valence-electron chi connectivity index (χ4n) is 1.56. The van der Waals surface area contributed by atoms with Gasteiger partial charge in [-0.1, -0.05) is 6.07 Å². The fourth-order valence-corrected chi connectivity index (χ4v) is 1.56. The first-order valence-electron chi connectivity index (χ1n) is 4.34. The summed E-state index contributed by atoms with van der Waals surface area (Å²) in [5.74, 6) is 0.715. The van der Waals surface area contributed by atoms with Crippen LogP contribution in [0.15, 0.2) is 23.0 Å². The number of hydrogen-bond acceptors (Lipinski definition) is 2. The summed E-state index contributed by atoms with van der Waals surface area (Å²) in [4.78, 5) is 15.5. The maximum atomic E-state index is 12.8. The smallest absolute Gasteiger partial charge is 0.249 e. The summed E-state index contributed by atoms with van der Waals surface area (Å²) < 4.78 is 12.8. The molecule has 0 radical (unpaired) electrons. The summed E-state index contributed by atoms with van der Waals surface area (Å²) in [5, 5.41) is 0. The summed E-state index contributed by atoms with van der Waals surface area (Å²) in [7, 11) is 0. The van der Waals surface area contributed by atoms with E-state index in [9.17, 15) is 9.18 Å². The maximum Gasteiger partial charge on any atom is 0.249 e. The van der Waals surface area contributed by atoms with E-state index in [-0.39, 0.29) is 5.56 Å². The zero-order chi connectivity index (χ0) is 9.26. The van der Waals surface area contributed by atoms with Crippen molar-refractivity contribution in [2.75, 3.05) is 18.0 Å². The van der Waals surface area contributed by atoms with E-state index >= 15 is 0 Å². The molecule has 1 aliphatic rings. The Kier molecular flexibility index (Phi) is 2.04. The molecule has 0 spiro atoms. The molecular weight excluding hydrogens is 171 g/mol. The number of rotatable bonds is 1. The normalized spacial score (nSPS) is 22.2. The number of H-pyrrole nitrogens is 1. The van der Waals surface area contributed by atoms with Gasteiger partial charge in [-0.25, -0.2) is 4.39 Å². The van der Waals surface area contributed by atoms with Crippen LogP contribution in [0.5, 0.6) is 0 Å². The lowest BCUT2D eigenvalue weighted by Gasteiger charge is -2.15. The average molecular weight is 182 g/mol. The summed E-state index contributed by atoms with van der Waals surface area (Å²) in [6.45, 7) is 1.07. The topological polar surface area (TPSA) is 36.1 Å². The lowest BCUT2D eigenvalue weighted by molar-refractivity contribution is 0.364. The molecule has 0 bridgehead atoms. The standard InChI is InChI=1S/C9H11FN2O/c10-7-4-5-12(6-7)8-2-1-3-9(13)11-8/h1-3,7H,4-6H2,(H,11,13). The highest BCUT2D eigenvalue weighted by molar-refractivity contribution is 5.39. The summed E-state index contributed by atoms with van der Waals surface area (Å²) >= 11 is 0. The van der Waals surface area contributed by atoms with Crippen LogP contribution in [0.1, 0.15) is 6.42 Å². The number of pyridine rings is 1. The molecule has 1 unspecified atom stereocenters. The molecule has 1 fully saturated rings. The minimum absolute atomic E-state index is 0.139. The number of nitrogens with one attached hydrogen (secondary N) is 1. The van der Waals surface area contributed by atoms with Gasteiger partial charge in [0.2, 0.25) is 5.56 Å². The number of anilines is 1. The molecule has 1 atom stereocenters. The van der Waals surface area contributed by atoms with Crippen molar-refractivity contribution >= 4 is 5.82 Å². The Balaban J connectivity index is 2.21. The van der Waals surface area contributed by atoms with E-state index in [2.05, 4.69) is 4.98 Å². The van der Waals surface area contributed by atoms with E-state index in [1.54, 1.807) is 12.1 Å². The molecule has 13 heavy (non-hydrogen) atoms. The highest BCUT2D eigenvalue weighted by atomic mass is 19.1. The van der Waals surface area contributed by atoms with Crippen LogP contribution >= 0.6 is 0 Å². The molecule has 1 aromatic rings. The molecule has 1 aromatic heterocycles. The van der Waals surface area contributed by atoms with Gasteiger partial charge in [0.25, 0.3) is 0 Å². The van der Waals surface area contributed by atoms with Gasteiger partial charge in [-0.2, -0.15) is 0 Å². The molecule has 0 aromatic carbocycles. The second-order valence-corrected chi connectivity index (χ2v) is 3.23. The van der Waals surface area contributed by atoms with Crippen molar-refractivity contribution in [3.05, 3.63) is 28.6 Å². The number of nitrogens with zero attached hydrogens (tertiary/aromatic N) is 1. The van der Waals surface area contributed by atoms with Gasteiger partial charge in [-0.3, -0.25) is 4.79 Å². The molecule has 3 nitrogen and oxygen atoms in total. The zero-order valence-electron chi connectivity index (χ0n) is 7.16. The largest absolute Gasteiger partial charge is 0.355 e. The quantitative estimate of drug-likeness (QED) is 0.701. The van der Waals surface area contributed by atoms with Crippen LogP contribution in [0.2, 0.25) is 0 Å². The van der Waals surface area contributed by atoms with E-state index in [4.69, 9.17) is 0 Å². The Bertz CT molecular complexity index is 349. The Hall–Kier alpha value is -1.32.